The van der Waals surface area contributed by atoms with E-state index in [1.807, 2.05) is 0 Å². The number of hydrogen-bond donors (Lipinski definition) is 1. The molecular formula is C4H13CaO3P. The topological polar surface area (TPSA) is 46.5 Å². The van der Waals surface area contributed by atoms with Crippen molar-refractivity contribution in [2.24, 2.45) is 0 Å². The van der Waals surface area contributed by atoms with Gasteiger partial charge >= 0.3 is 46.0 Å². The van der Waals surface area contributed by atoms with Crippen LogP contribution < -0.4 is 0 Å². The number of hydrogen-bond acceptors (Lipinski definition) is 2. The fourth-order valence-electron chi connectivity index (χ4n) is 0.262. The average molecular weight is 180 g/mol. The van der Waals surface area contributed by atoms with E-state index in [9.17, 15) is 4.57 Å². The van der Waals surface area contributed by atoms with E-state index in [-0.39, 0.29) is 37.7 Å². The molecule has 1 N–H and O–H groups in total. The Morgan fingerprint density at radius 1 is 1.44 bits per heavy atom. The summed E-state index contributed by atoms with van der Waals surface area (Å²) in [6.45, 7) is 5.18. The summed E-state index contributed by atoms with van der Waals surface area (Å²) in [5.41, 5.74) is -0.495. The molecule has 0 aromatic heterocycles. The quantitative estimate of drug-likeness (QED) is 0.465. The van der Waals surface area contributed by atoms with Crippen LogP contribution >= 0.6 is 8.25 Å². The summed E-state index contributed by atoms with van der Waals surface area (Å²) in [6, 6.07) is 0. The zero-order valence-corrected chi connectivity index (χ0v) is 6.26. The summed E-state index contributed by atoms with van der Waals surface area (Å²) in [4.78, 5) is 8.21. The third-order valence-corrected chi connectivity index (χ3v) is 1.18. The molecule has 0 aliphatic heterocycles. The Morgan fingerprint density at radius 3 is 1.78 bits per heavy atom. The van der Waals surface area contributed by atoms with Gasteiger partial charge < -0.3 is 9.42 Å². The molecule has 0 aliphatic rings. The van der Waals surface area contributed by atoms with Crippen molar-refractivity contribution >= 4 is 46.0 Å². The molecule has 0 rings (SSSR count). The van der Waals surface area contributed by atoms with E-state index in [2.05, 4.69) is 4.52 Å². The van der Waals surface area contributed by atoms with Gasteiger partial charge in [-0.1, -0.05) is 0 Å². The summed E-state index contributed by atoms with van der Waals surface area (Å²) < 4.78 is 14.5. The third-order valence-electron chi connectivity index (χ3n) is 0.393. The van der Waals surface area contributed by atoms with Gasteiger partial charge in [-0.05, 0) is 20.8 Å². The van der Waals surface area contributed by atoms with Gasteiger partial charge in [0.15, 0.2) is 0 Å². The number of rotatable bonds is 1. The maximum atomic E-state index is 9.98. The minimum atomic E-state index is -2.74. The summed E-state index contributed by atoms with van der Waals surface area (Å²) >= 11 is 0. The van der Waals surface area contributed by atoms with Crippen LogP contribution in [0.4, 0.5) is 0 Å². The normalized spacial score (nSPS) is 14.2. The average Bonchev–Trinajstić information content (AvgIpc) is 1.21. The molecule has 9 heavy (non-hydrogen) atoms. The molecule has 0 fully saturated rings. The zero-order valence-electron chi connectivity index (χ0n) is 5.26. The van der Waals surface area contributed by atoms with Crippen LogP contribution in [0.3, 0.4) is 0 Å². The molecular weight excluding hydrogens is 167 g/mol. The van der Waals surface area contributed by atoms with Crippen LogP contribution in [0.5, 0.6) is 0 Å². The van der Waals surface area contributed by atoms with Crippen molar-refractivity contribution in [3.63, 3.8) is 0 Å². The van der Waals surface area contributed by atoms with Crippen molar-refractivity contribution in [3.05, 3.63) is 0 Å². The molecule has 0 saturated carbocycles. The summed E-state index contributed by atoms with van der Waals surface area (Å²) in [5.74, 6) is 0. The van der Waals surface area contributed by atoms with Crippen molar-refractivity contribution in [1.29, 1.82) is 0 Å². The van der Waals surface area contributed by atoms with Gasteiger partial charge in [-0.15, -0.1) is 0 Å². The Labute approximate surface area is 85.7 Å². The molecule has 0 saturated heterocycles. The Hall–Kier alpha value is 1.41. The third kappa shape index (κ3) is 12.6. The fourth-order valence-corrected chi connectivity index (χ4v) is 0.786. The monoisotopic (exact) mass is 180 g/mol. The molecule has 0 heterocycles. The molecule has 3 nitrogen and oxygen atoms in total. The van der Waals surface area contributed by atoms with E-state index in [1.54, 1.807) is 20.8 Å². The Bertz CT molecular complexity index is 98.5. The summed E-state index contributed by atoms with van der Waals surface area (Å²) in [7, 11) is -2.74. The molecule has 1 unspecified atom stereocenters. The van der Waals surface area contributed by atoms with Gasteiger partial charge in [0.25, 0.3) is 0 Å². The zero-order chi connectivity index (χ0) is 6.78. The molecule has 0 amide bonds. The van der Waals surface area contributed by atoms with Gasteiger partial charge in [0.2, 0.25) is 0 Å². The van der Waals surface area contributed by atoms with E-state index in [1.165, 1.54) is 0 Å². The first-order valence-electron chi connectivity index (χ1n) is 2.34. The van der Waals surface area contributed by atoms with Gasteiger partial charge in [-0.3, -0.25) is 4.57 Å². The van der Waals surface area contributed by atoms with E-state index in [0.717, 1.165) is 0 Å². The Morgan fingerprint density at radius 2 is 1.78 bits per heavy atom. The van der Waals surface area contributed by atoms with E-state index in [0.29, 0.717) is 0 Å². The van der Waals surface area contributed by atoms with E-state index >= 15 is 0 Å². The van der Waals surface area contributed by atoms with Crippen LogP contribution in [0, 0.1) is 0 Å². The SMILES string of the molecule is CC(C)(C)O[PH](=O)O.[CaH2]. The molecule has 0 aromatic rings. The second-order valence-corrected chi connectivity index (χ2v) is 3.22. The van der Waals surface area contributed by atoms with Crippen LogP contribution in [-0.2, 0) is 9.09 Å². The maximum absolute atomic E-state index is 9.98. The van der Waals surface area contributed by atoms with Crippen LogP contribution in [0.1, 0.15) is 20.8 Å². The summed E-state index contributed by atoms with van der Waals surface area (Å²) in [5, 5.41) is 0. The van der Waals surface area contributed by atoms with Crippen molar-refractivity contribution < 1.29 is 14.0 Å². The van der Waals surface area contributed by atoms with Gasteiger partial charge in [0.1, 0.15) is 0 Å². The molecule has 0 bridgehead atoms. The fraction of sp³-hybridized carbons (Fsp3) is 1.00. The van der Waals surface area contributed by atoms with Gasteiger partial charge in [-0.2, -0.15) is 0 Å². The Balaban J connectivity index is 0. The predicted molar refractivity (Wildman–Crippen MR) is 40.6 cm³/mol. The first kappa shape index (κ1) is 13.0. The van der Waals surface area contributed by atoms with Crippen molar-refractivity contribution in [2.75, 3.05) is 0 Å². The summed E-state index contributed by atoms with van der Waals surface area (Å²) in [6.07, 6.45) is 0. The first-order valence-corrected chi connectivity index (χ1v) is 3.60. The standard InChI is InChI=1S/C4H11O3P.Ca.2H/c1-4(2,3)7-8(5)6;;;/h8H,1-3H3,(H,5,6);;;. The second-order valence-electron chi connectivity index (χ2n) is 2.48. The van der Waals surface area contributed by atoms with Crippen molar-refractivity contribution in [3.8, 4) is 0 Å². The molecule has 5 heteroatoms. The molecule has 0 aliphatic carbocycles. The van der Waals surface area contributed by atoms with Crippen molar-refractivity contribution in [1.82, 2.24) is 0 Å². The first-order chi connectivity index (χ1) is 3.42. The van der Waals surface area contributed by atoms with Gasteiger partial charge in [0.05, 0.1) is 5.60 Å². The van der Waals surface area contributed by atoms with Crippen molar-refractivity contribution in [2.45, 2.75) is 26.4 Å². The second kappa shape index (κ2) is 5.11. The van der Waals surface area contributed by atoms with Gasteiger partial charge in [-0.25, -0.2) is 0 Å². The minimum absolute atomic E-state index is 0. The van der Waals surface area contributed by atoms with Gasteiger partial charge in [0, 0.05) is 0 Å². The molecule has 0 spiro atoms. The van der Waals surface area contributed by atoms with Crippen LogP contribution in [-0.4, -0.2) is 48.2 Å². The van der Waals surface area contributed by atoms with Crippen LogP contribution in [0.2, 0.25) is 0 Å². The molecule has 1 atom stereocenters. The van der Waals surface area contributed by atoms with E-state index in [4.69, 9.17) is 4.89 Å². The van der Waals surface area contributed by atoms with Crippen LogP contribution in [0.15, 0.2) is 0 Å². The van der Waals surface area contributed by atoms with E-state index < -0.39 is 13.9 Å². The van der Waals surface area contributed by atoms with Crippen LogP contribution in [0.25, 0.3) is 0 Å². The predicted octanol–water partition coefficient (Wildman–Crippen LogP) is 0.267. The Kier molecular flexibility index (Phi) is 7.40. The molecule has 0 aromatic carbocycles. The molecule has 54 valence electrons. The molecule has 0 radical (unpaired) electrons.